The van der Waals surface area contributed by atoms with E-state index in [9.17, 15) is 0 Å². The van der Waals surface area contributed by atoms with Crippen molar-refractivity contribution in [2.45, 2.75) is 57.5 Å². The number of rotatable bonds is 6. The topological polar surface area (TPSA) is 29.9 Å². The van der Waals surface area contributed by atoms with Crippen molar-refractivity contribution in [2.24, 2.45) is 0 Å². The molecule has 0 amide bonds. The molecule has 1 aromatic heterocycles. The molecule has 0 radical (unpaired) electrons. The van der Waals surface area contributed by atoms with E-state index in [2.05, 4.69) is 46.7 Å². The minimum absolute atomic E-state index is 0.682. The summed E-state index contributed by atoms with van der Waals surface area (Å²) in [6.07, 6.45) is 8.03. The Morgan fingerprint density at radius 2 is 2.35 bits per heavy atom. The van der Waals surface area contributed by atoms with Crippen LogP contribution in [0.4, 0.5) is 0 Å². The molecule has 1 fully saturated rings. The van der Waals surface area contributed by atoms with Gasteiger partial charge < -0.3 is 9.88 Å². The first-order valence-electron chi connectivity index (χ1n) is 6.70. The predicted molar refractivity (Wildman–Crippen MR) is 74.3 cm³/mol. The molecular formula is C13H23N3S. The van der Waals surface area contributed by atoms with Crippen LogP contribution in [0.1, 0.15) is 38.9 Å². The molecule has 0 spiro atoms. The van der Waals surface area contributed by atoms with Gasteiger partial charge in [0, 0.05) is 30.2 Å². The summed E-state index contributed by atoms with van der Waals surface area (Å²) in [5.41, 5.74) is 0. The largest absolute Gasteiger partial charge is 0.334 e. The zero-order valence-electron chi connectivity index (χ0n) is 10.9. The molecule has 1 aliphatic rings. The molecule has 0 aliphatic heterocycles. The van der Waals surface area contributed by atoms with Crippen LogP contribution in [0.5, 0.6) is 0 Å². The Bertz CT molecular complexity index is 337. The zero-order chi connectivity index (χ0) is 12.1. The van der Waals surface area contributed by atoms with E-state index in [1.165, 1.54) is 30.8 Å². The summed E-state index contributed by atoms with van der Waals surface area (Å²) in [6.45, 7) is 6.33. The van der Waals surface area contributed by atoms with Gasteiger partial charge in [0.05, 0.1) is 6.54 Å². The van der Waals surface area contributed by atoms with Gasteiger partial charge in [-0.1, -0.05) is 13.3 Å². The van der Waals surface area contributed by atoms with E-state index in [1.807, 2.05) is 6.20 Å². The highest BCUT2D eigenvalue weighted by Gasteiger charge is 2.26. The van der Waals surface area contributed by atoms with E-state index in [0.29, 0.717) is 6.04 Å². The molecule has 2 rings (SSSR count). The molecule has 2 atom stereocenters. The fourth-order valence-electron chi connectivity index (χ4n) is 2.59. The van der Waals surface area contributed by atoms with Crippen molar-refractivity contribution in [3.63, 3.8) is 0 Å². The highest BCUT2D eigenvalue weighted by atomic mass is 32.2. The van der Waals surface area contributed by atoms with Gasteiger partial charge in [-0.25, -0.2) is 4.98 Å². The van der Waals surface area contributed by atoms with Crippen LogP contribution < -0.4 is 5.32 Å². The fraction of sp³-hybridized carbons (Fsp3) is 0.769. The second-order valence-corrected chi connectivity index (χ2v) is 6.06. The Balaban J connectivity index is 1.85. The van der Waals surface area contributed by atoms with Crippen LogP contribution in [0, 0.1) is 0 Å². The number of aromatic nitrogens is 2. The lowest BCUT2D eigenvalue weighted by atomic mass is 10.2. The Kier molecular flexibility index (Phi) is 4.92. The van der Waals surface area contributed by atoms with E-state index in [0.717, 1.165) is 18.3 Å². The summed E-state index contributed by atoms with van der Waals surface area (Å²) in [5.74, 6) is 2.39. The van der Waals surface area contributed by atoms with Crippen LogP contribution in [-0.4, -0.2) is 26.6 Å². The molecule has 3 nitrogen and oxygen atoms in total. The summed E-state index contributed by atoms with van der Waals surface area (Å²) in [6, 6.07) is 0.682. The highest BCUT2D eigenvalue weighted by Crippen LogP contribution is 2.29. The first kappa shape index (κ1) is 13.0. The first-order valence-corrected chi connectivity index (χ1v) is 7.75. The van der Waals surface area contributed by atoms with Crippen LogP contribution in [-0.2, 0) is 13.1 Å². The molecular weight excluding hydrogens is 230 g/mol. The first-order chi connectivity index (χ1) is 8.35. The minimum Gasteiger partial charge on any atom is -0.334 e. The molecule has 1 N–H and O–H groups in total. The predicted octanol–water partition coefficient (Wildman–Crippen LogP) is 2.67. The van der Waals surface area contributed by atoms with Crippen molar-refractivity contribution >= 4 is 11.8 Å². The van der Waals surface area contributed by atoms with Crippen LogP contribution in [0.3, 0.4) is 0 Å². The Morgan fingerprint density at radius 1 is 1.47 bits per heavy atom. The molecule has 4 heteroatoms. The van der Waals surface area contributed by atoms with Crippen molar-refractivity contribution in [1.29, 1.82) is 0 Å². The average Bonchev–Trinajstić information content (AvgIpc) is 2.95. The lowest BCUT2D eigenvalue weighted by Gasteiger charge is -2.20. The summed E-state index contributed by atoms with van der Waals surface area (Å²) < 4.78 is 2.21. The summed E-state index contributed by atoms with van der Waals surface area (Å²) >= 11 is 2.10. The second kappa shape index (κ2) is 6.45. The van der Waals surface area contributed by atoms with E-state index in [-0.39, 0.29) is 0 Å². The molecule has 96 valence electrons. The van der Waals surface area contributed by atoms with Gasteiger partial charge in [0.25, 0.3) is 0 Å². The third kappa shape index (κ3) is 3.26. The van der Waals surface area contributed by atoms with E-state index < -0.39 is 0 Å². The third-order valence-corrected chi connectivity index (χ3v) is 4.82. The average molecular weight is 253 g/mol. The number of hydrogen-bond donors (Lipinski definition) is 1. The molecule has 1 aromatic rings. The summed E-state index contributed by atoms with van der Waals surface area (Å²) in [4.78, 5) is 4.41. The van der Waals surface area contributed by atoms with Gasteiger partial charge in [0.15, 0.2) is 0 Å². The lowest BCUT2D eigenvalue weighted by Crippen LogP contribution is -2.34. The molecule has 2 unspecified atom stereocenters. The normalized spacial score (nSPS) is 24.4. The number of thioether (sulfide) groups is 1. The third-order valence-electron chi connectivity index (χ3n) is 3.50. The maximum absolute atomic E-state index is 4.41. The SMILES string of the molecule is CCSC1CCCC1NCc1nccn1CC. The van der Waals surface area contributed by atoms with Gasteiger partial charge in [-0.2, -0.15) is 11.8 Å². The van der Waals surface area contributed by atoms with Gasteiger partial charge in [0.1, 0.15) is 5.82 Å². The number of hydrogen-bond acceptors (Lipinski definition) is 3. The maximum Gasteiger partial charge on any atom is 0.122 e. The maximum atomic E-state index is 4.41. The lowest BCUT2D eigenvalue weighted by molar-refractivity contribution is 0.508. The molecule has 0 aromatic carbocycles. The highest BCUT2D eigenvalue weighted by molar-refractivity contribution is 7.99. The van der Waals surface area contributed by atoms with Crippen molar-refractivity contribution in [3.05, 3.63) is 18.2 Å². The minimum atomic E-state index is 0.682. The smallest absolute Gasteiger partial charge is 0.122 e. The van der Waals surface area contributed by atoms with Crippen molar-refractivity contribution in [1.82, 2.24) is 14.9 Å². The van der Waals surface area contributed by atoms with E-state index in [1.54, 1.807) is 0 Å². The standard InChI is InChI=1S/C13H23N3S/c1-3-16-9-8-14-13(16)10-15-11-6-5-7-12(11)17-4-2/h8-9,11-12,15H,3-7,10H2,1-2H3. The van der Waals surface area contributed by atoms with Gasteiger partial charge in [-0.15, -0.1) is 0 Å². The van der Waals surface area contributed by atoms with E-state index >= 15 is 0 Å². The van der Waals surface area contributed by atoms with Gasteiger partial charge in [0.2, 0.25) is 0 Å². The number of nitrogens with one attached hydrogen (secondary N) is 1. The number of nitrogens with zero attached hydrogens (tertiary/aromatic N) is 2. The van der Waals surface area contributed by atoms with Crippen LogP contribution in [0.2, 0.25) is 0 Å². The molecule has 17 heavy (non-hydrogen) atoms. The molecule has 1 aliphatic carbocycles. The molecule has 0 bridgehead atoms. The fourth-order valence-corrected chi connectivity index (χ4v) is 3.82. The Morgan fingerprint density at radius 3 is 3.12 bits per heavy atom. The monoisotopic (exact) mass is 253 g/mol. The van der Waals surface area contributed by atoms with Crippen LogP contribution in [0.25, 0.3) is 0 Å². The molecule has 1 heterocycles. The second-order valence-electron chi connectivity index (χ2n) is 4.54. The van der Waals surface area contributed by atoms with Crippen molar-refractivity contribution in [3.8, 4) is 0 Å². The number of imidazole rings is 1. The van der Waals surface area contributed by atoms with Crippen molar-refractivity contribution in [2.75, 3.05) is 5.75 Å². The quantitative estimate of drug-likeness (QED) is 0.845. The number of aryl methyl sites for hydroxylation is 1. The van der Waals surface area contributed by atoms with Crippen LogP contribution in [0.15, 0.2) is 12.4 Å². The van der Waals surface area contributed by atoms with Crippen molar-refractivity contribution < 1.29 is 0 Å². The van der Waals surface area contributed by atoms with Gasteiger partial charge in [-0.3, -0.25) is 0 Å². The van der Waals surface area contributed by atoms with E-state index in [4.69, 9.17) is 0 Å². The Hall–Kier alpha value is -0.480. The molecule has 0 saturated heterocycles. The summed E-state index contributed by atoms with van der Waals surface area (Å²) in [5, 5.41) is 4.50. The van der Waals surface area contributed by atoms with Gasteiger partial charge in [-0.05, 0) is 25.5 Å². The Labute approximate surface area is 108 Å². The summed E-state index contributed by atoms with van der Waals surface area (Å²) in [7, 11) is 0. The molecule has 1 saturated carbocycles. The van der Waals surface area contributed by atoms with Crippen LogP contribution >= 0.6 is 11.8 Å². The van der Waals surface area contributed by atoms with Gasteiger partial charge >= 0.3 is 0 Å². The zero-order valence-corrected chi connectivity index (χ0v) is 11.7.